The van der Waals surface area contributed by atoms with Gasteiger partial charge >= 0.3 is 11.9 Å². The summed E-state index contributed by atoms with van der Waals surface area (Å²) in [6.45, 7) is 2.08. The number of benzene rings is 1. The summed E-state index contributed by atoms with van der Waals surface area (Å²) in [5.74, 6) is -1.47. The molecule has 0 saturated carbocycles. The van der Waals surface area contributed by atoms with Crippen LogP contribution in [0.3, 0.4) is 0 Å². The highest BCUT2D eigenvalue weighted by atomic mass is 19.1. The Kier molecular flexibility index (Phi) is 6.82. The van der Waals surface area contributed by atoms with Crippen molar-refractivity contribution in [3.63, 3.8) is 0 Å². The zero-order chi connectivity index (χ0) is 16.5. The number of carbonyl (C=O) groups excluding carboxylic acids is 2. The van der Waals surface area contributed by atoms with Crippen LogP contribution in [0.4, 0.5) is 4.39 Å². The maximum atomic E-state index is 12.8. The third-order valence-corrected chi connectivity index (χ3v) is 2.87. The first-order chi connectivity index (χ1) is 10.5. The second-order valence-electron chi connectivity index (χ2n) is 4.37. The summed E-state index contributed by atoms with van der Waals surface area (Å²) in [6, 6.07) is 5.98. The van der Waals surface area contributed by atoms with Gasteiger partial charge in [0.05, 0.1) is 19.8 Å². The van der Waals surface area contributed by atoms with E-state index in [0.29, 0.717) is 12.2 Å². The summed E-state index contributed by atoms with van der Waals surface area (Å²) in [5, 5.41) is 3.03. The SMILES string of the molecule is COC(=O)/C=C/C(C(=O)OC)=C(/C)NCc1ccc(F)cc1. The highest BCUT2D eigenvalue weighted by Crippen LogP contribution is 2.08. The first-order valence-electron chi connectivity index (χ1n) is 6.51. The molecule has 0 aliphatic carbocycles. The summed E-state index contributed by atoms with van der Waals surface area (Å²) in [7, 11) is 2.50. The Labute approximate surface area is 128 Å². The van der Waals surface area contributed by atoms with Crippen molar-refractivity contribution in [2.24, 2.45) is 0 Å². The van der Waals surface area contributed by atoms with Gasteiger partial charge in [-0.2, -0.15) is 0 Å². The van der Waals surface area contributed by atoms with Gasteiger partial charge in [0, 0.05) is 18.3 Å². The highest BCUT2D eigenvalue weighted by molar-refractivity contribution is 5.94. The van der Waals surface area contributed by atoms with Crippen molar-refractivity contribution in [1.29, 1.82) is 0 Å². The van der Waals surface area contributed by atoms with E-state index in [1.54, 1.807) is 19.1 Å². The van der Waals surface area contributed by atoms with Crippen LogP contribution in [0.2, 0.25) is 0 Å². The third-order valence-electron chi connectivity index (χ3n) is 2.87. The first kappa shape index (κ1) is 17.4. The van der Waals surface area contributed by atoms with Crippen molar-refractivity contribution in [3.05, 3.63) is 59.1 Å². The van der Waals surface area contributed by atoms with Crippen LogP contribution >= 0.6 is 0 Å². The van der Waals surface area contributed by atoms with Crippen LogP contribution in [-0.4, -0.2) is 26.2 Å². The van der Waals surface area contributed by atoms with Crippen molar-refractivity contribution < 1.29 is 23.5 Å². The summed E-state index contributed by atoms with van der Waals surface area (Å²) >= 11 is 0. The molecule has 0 spiro atoms. The molecule has 0 saturated heterocycles. The van der Waals surface area contributed by atoms with Crippen LogP contribution in [-0.2, 0) is 25.6 Å². The zero-order valence-corrected chi connectivity index (χ0v) is 12.7. The number of halogens is 1. The number of nitrogens with one attached hydrogen (secondary N) is 1. The average molecular weight is 307 g/mol. The van der Waals surface area contributed by atoms with Gasteiger partial charge in [-0.25, -0.2) is 14.0 Å². The number of esters is 2. The van der Waals surface area contributed by atoms with Gasteiger partial charge in [0.2, 0.25) is 0 Å². The van der Waals surface area contributed by atoms with Gasteiger partial charge in [-0.3, -0.25) is 0 Å². The molecule has 22 heavy (non-hydrogen) atoms. The molecule has 1 N–H and O–H groups in total. The van der Waals surface area contributed by atoms with Crippen molar-refractivity contribution in [3.8, 4) is 0 Å². The lowest BCUT2D eigenvalue weighted by atomic mass is 10.1. The van der Waals surface area contributed by atoms with Crippen LogP contribution < -0.4 is 5.32 Å². The predicted molar refractivity (Wildman–Crippen MR) is 79.1 cm³/mol. The van der Waals surface area contributed by atoms with E-state index < -0.39 is 11.9 Å². The fraction of sp³-hybridized carbons (Fsp3) is 0.250. The van der Waals surface area contributed by atoms with Gasteiger partial charge in [0.15, 0.2) is 0 Å². The molecule has 1 rings (SSSR count). The predicted octanol–water partition coefficient (Wildman–Crippen LogP) is 2.09. The van der Waals surface area contributed by atoms with Crippen molar-refractivity contribution >= 4 is 11.9 Å². The molecule has 6 heteroatoms. The second-order valence-corrected chi connectivity index (χ2v) is 4.37. The molecule has 1 aromatic rings. The molecule has 0 aliphatic rings. The molecule has 0 aliphatic heterocycles. The smallest absolute Gasteiger partial charge is 0.339 e. The molecule has 0 heterocycles. The largest absolute Gasteiger partial charge is 0.466 e. The molecule has 0 unspecified atom stereocenters. The van der Waals surface area contributed by atoms with E-state index in [4.69, 9.17) is 0 Å². The van der Waals surface area contributed by atoms with Crippen LogP contribution in [0.15, 0.2) is 47.7 Å². The van der Waals surface area contributed by atoms with Gasteiger partial charge in [-0.1, -0.05) is 12.1 Å². The summed E-state index contributed by atoms with van der Waals surface area (Å²) < 4.78 is 22.0. The maximum Gasteiger partial charge on any atom is 0.339 e. The van der Waals surface area contributed by atoms with Gasteiger partial charge in [0.1, 0.15) is 5.82 Å². The minimum atomic E-state index is -0.579. The third kappa shape index (κ3) is 5.40. The fourth-order valence-corrected chi connectivity index (χ4v) is 1.61. The molecule has 0 fully saturated rings. The highest BCUT2D eigenvalue weighted by Gasteiger charge is 2.11. The topological polar surface area (TPSA) is 64.6 Å². The normalized spacial score (nSPS) is 11.8. The van der Waals surface area contributed by atoms with Crippen molar-refractivity contribution in [2.75, 3.05) is 14.2 Å². The lowest BCUT2D eigenvalue weighted by Gasteiger charge is -2.10. The van der Waals surface area contributed by atoms with E-state index >= 15 is 0 Å². The maximum absolute atomic E-state index is 12.8. The Morgan fingerprint density at radius 2 is 1.77 bits per heavy atom. The number of allylic oxidation sites excluding steroid dienone is 1. The first-order valence-corrected chi connectivity index (χ1v) is 6.51. The molecule has 0 atom stereocenters. The molecule has 1 aromatic carbocycles. The number of methoxy groups -OCH3 is 2. The summed E-state index contributed by atoms with van der Waals surface area (Å²) in [6.07, 6.45) is 2.46. The quantitative estimate of drug-likeness (QED) is 0.495. The molecule has 5 nitrogen and oxygen atoms in total. The van der Waals surface area contributed by atoms with Gasteiger partial charge in [-0.05, 0) is 30.7 Å². The number of ether oxygens (including phenoxy) is 2. The van der Waals surface area contributed by atoms with E-state index in [1.807, 2.05) is 0 Å². The molecule has 0 aromatic heterocycles. The molecular weight excluding hydrogens is 289 g/mol. The Bertz CT molecular complexity index is 591. The van der Waals surface area contributed by atoms with Crippen LogP contribution in [0.5, 0.6) is 0 Å². The summed E-state index contributed by atoms with van der Waals surface area (Å²) in [4.78, 5) is 22.9. The minimum absolute atomic E-state index is 0.204. The number of hydrogen-bond acceptors (Lipinski definition) is 5. The minimum Gasteiger partial charge on any atom is -0.466 e. The Morgan fingerprint density at radius 1 is 1.14 bits per heavy atom. The second kappa shape index (κ2) is 8.61. The van der Waals surface area contributed by atoms with Crippen LogP contribution in [0.25, 0.3) is 0 Å². The number of carbonyl (C=O) groups is 2. The van der Waals surface area contributed by atoms with Crippen LogP contribution in [0, 0.1) is 5.82 Å². The summed E-state index contributed by atoms with van der Waals surface area (Å²) in [5.41, 5.74) is 1.58. The lowest BCUT2D eigenvalue weighted by molar-refractivity contribution is -0.135. The van der Waals surface area contributed by atoms with Gasteiger partial charge in [0.25, 0.3) is 0 Å². The lowest BCUT2D eigenvalue weighted by Crippen LogP contribution is -2.16. The van der Waals surface area contributed by atoms with Gasteiger partial charge < -0.3 is 14.8 Å². The van der Waals surface area contributed by atoms with Crippen molar-refractivity contribution in [1.82, 2.24) is 5.32 Å². The van der Waals surface area contributed by atoms with E-state index in [9.17, 15) is 14.0 Å². The Balaban J connectivity index is 2.86. The van der Waals surface area contributed by atoms with Gasteiger partial charge in [-0.15, -0.1) is 0 Å². The Morgan fingerprint density at radius 3 is 2.32 bits per heavy atom. The molecule has 0 radical (unpaired) electrons. The fourth-order valence-electron chi connectivity index (χ4n) is 1.61. The standard InChI is InChI=1S/C16H18FNO4/c1-11(18-10-12-4-6-13(17)7-5-12)14(16(20)22-3)8-9-15(19)21-2/h4-9,18H,10H2,1-3H3/b9-8+,14-11+. The number of rotatable bonds is 6. The van der Waals surface area contributed by atoms with E-state index in [0.717, 1.165) is 11.6 Å². The number of hydrogen-bond donors (Lipinski definition) is 1. The van der Waals surface area contributed by atoms with E-state index in [1.165, 1.54) is 32.4 Å². The van der Waals surface area contributed by atoms with Crippen molar-refractivity contribution in [2.45, 2.75) is 13.5 Å². The molecule has 0 amide bonds. The van der Waals surface area contributed by atoms with E-state index in [2.05, 4.69) is 14.8 Å². The monoisotopic (exact) mass is 307 g/mol. The molecule has 0 bridgehead atoms. The average Bonchev–Trinajstić information content (AvgIpc) is 2.53. The van der Waals surface area contributed by atoms with E-state index in [-0.39, 0.29) is 11.4 Å². The molecule has 118 valence electrons. The Hall–Kier alpha value is -2.63. The zero-order valence-electron chi connectivity index (χ0n) is 12.7. The molecular formula is C16H18FNO4. The van der Waals surface area contributed by atoms with Crippen LogP contribution in [0.1, 0.15) is 12.5 Å².